The third-order valence-corrected chi connectivity index (χ3v) is 4.39. The minimum atomic E-state index is -1.08. The number of aliphatic hydroxyl groups is 1. The van der Waals surface area contributed by atoms with Gasteiger partial charge in [-0.2, -0.15) is 11.3 Å². The van der Waals surface area contributed by atoms with E-state index in [1.54, 1.807) is 17.4 Å². The summed E-state index contributed by atoms with van der Waals surface area (Å²) >= 11 is 1.58. The minimum absolute atomic E-state index is 0.167. The van der Waals surface area contributed by atoms with Gasteiger partial charge in [0, 0.05) is 18.1 Å². The molecule has 1 aliphatic heterocycles. The summed E-state index contributed by atoms with van der Waals surface area (Å²) in [6, 6.07) is 9.33. The van der Waals surface area contributed by atoms with E-state index in [0.29, 0.717) is 18.8 Å². The van der Waals surface area contributed by atoms with Crippen LogP contribution in [0.2, 0.25) is 0 Å². The standard InChI is InChI=1S/C17H17NO3S/c19-16(6-5-13-7-10-22-11-13)18-12-17(20)8-9-21-15-4-2-1-3-14(15)17/h1-7,10-11,20H,8-9,12H2,(H,18,19)/b6-5+/t17-/m0/s1. The average Bonchev–Trinajstić information content (AvgIpc) is 3.05. The van der Waals surface area contributed by atoms with E-state index in [1.807, 2.05) is 41.1 Å². The number of carbonyl (C=O) groups excluding carboxylic acids is 1. The Balaban J connectivity index is 1.65. The fourth-order valence-electron chi connectivity index (χ4n) is 2.46. The molecule has 0 spiro atoms. The molecule has 0 radical (unpaired) electrons. The van der Waals surface area contributed by atoms with Crippen LogP contribution in [0.25, 0.3) is 6.08 Å². The number of ether oxygens (including phenoxy) is 1. The van der Waals surface area contributed by atoms with Crippen molar-refractivity contribution in [2.24, 2.45) is 0 Å². The number of amides is 1. The zero-order valence-electron chi connectivity index (χ0n) is 12.0. The molecule has 1 aliphatic rings. The van der Waals surface area contributed by atoms with Crippen LogP contribution in [0.4, 0.5) is 0 Å². The second kappa shape index (κ2) is 6.34. The highest BCUT2D eigenvalue weighted by Gasteiger charge is 2.35. The Labute approximate surface area is 133 Å². The van der Waals surface area contributed by atoms with E-state index in [1.165, 1.54) is 6.08 Å². The van der Waals surface area contributed by atoms with Crippen molar-refractivity contribution in [3.63, 3.8) is 0 Å². The average molecular weight is 315 g/mol. The van der Waals surface area contributed by atoms with Crippen LogP contribution < -0.4 is 10.1 Å². The number of nitrogens with one attached hydrogen (secondary N) is 1. The maximum absolute atomic E-state index is 11.9. The summed E-state index contributed by atoms with van der Waals surface area (Å²) in [5, 5.41) is 17.5. The number of benzene rings is 1. The molecule has 2 N–H and O–H groups in total. The maximum Gasteiger partial charge on any atom is 0.244 e. The van der Waals surface area contributed by atoms with Crippen LogP contribution >= 0.6 is 11.3 Å². The highest BCUT2D eigenvalue weighted by Crippen LogP contribution is 2.36. The van der Waals surface area contributed by atoms with Crippen molar-refractivity contribution in [2.45, 2.75) is 12.0 Å². The van der Waals surface area contributed by atoms with Gasteiger partial charge in [0.2, 0.25) is 5.91 Å². The van der Waals surface area contributed by atoms with Crippen LogP contribution in [-0.4, -0.2) is 24.2 Å². The number of thiophene rings is 1. The Bertz CT molecular complexity index is 681. The summed E-state index contributed by atoms with van der Waals surface area (Å²) in [6.07, 6.45) is 3.70. The number of carbonyl (C=O) groups is 1. The first-order valence-electron chi connectivity index (χ1n) is 7.10. The lowest BCUT2D eigenvalue weighted by Crippen LogP contribution is -2.43. The molecular formula is C17H17NO3S. The number of hydrogen-bond donors (Lipinski definition) is 2. The monoisotopic (exact) mass is 315 g/mol. The lowest BCUT2D eigenvalue weighted by atomic mass is 9.88. The third kappa shape index (κ3) is 3.21. The molecule has 114 valence electrons. The fourth-order valence-corrected chi connectivity index (χ4v) is 3.09. The highest BCUT2D eigenvalue weighted by atomic mass is 32.1. The molecular weight excluding hydrogens is 298 g/mol. The van der Waals surface area contributed by atoms with Crippen LogP contribution in [0.5, 0.6) is 5.75 Å². The Hall–Kier alpha value is -2.11. The van der Waals surface area contributed by atoms with Crippen molar-refractivity contribution in [2.75, 3.05) is 13.2 Å². The topological polar surface area (TPSA) is 58.6 Å². The van der Waals surface area contributed by atoms with E-state index in [0.717, 1.165) is 11.1 Å². The minimum Gasteiger partial charge on any atom is -0.493 e. The van der Waals surface area contributed by atoms with Gasteiger partial charge in [0.15, 0.2) is 0 Å². The number of rotatable bonds is 4. The molecule has 1 aromatic heterocycles. The number of hydrogen-bond acceptors (Lipinski definition) is 4. The van der Waals surface area contributed by atoms with Gasteiger partial charge in [0.1, 0.15) is 11.4 Å². The van der Waals surface area contributed by atoms with Crippen molar-refractivity contribution in [3.8, 4) is 5.75 Å². The molecule has 1 atom stereocenters. The fraction of sp³-hybridized carbons (Fsp3) is 0.235. The zero-order chi connectivity index (χ0) is 15.4. The molecule has 2 heterocycles. The van der Waals surface area contributed by atoms with Crippen molar-refractivity contribution in [1.82, 2.24) is 5.32 Å². The molecule has 0 fully saturated rings. The molecule has 0 saturated heterocycles. The first kappa shape index (κ1) is 14.8. The van der Waals surface area contributed by atoms with E-state index in [2.05, 4.69) is 5.32 Å². The van der Waals surface area contributed by atoms with Crippen molar-refractivity contribution < 1.29 is 14.6 Å². The van der Waals surface area contributed by atoms with Crippen LogP contribution in [0, 0.1) is 0 Å². The molecule has 1 amide bonds. The lowest BCUT2D eigenvalue weighted by molar-refractivity contribution is -0.118. The lowest BCUT2D eigenvalue weighted by Gasteiger charge is -2.34. The summed E-state index contributed by atoms with van der Waals surface area (Å²) in [6.45, 7) is 0.605. The normalized spacial score (nSPS) is 20.4. The molecule has 1 aromatic carbocycles. The van der Waals surface area contributed by atoms with E-state index in [4.69, 9.17) is 4.74 Å². The molecule has 2 aromatic rings. The van der Waals surface area contributed by atoms with Crippen LogP contribution in [0.1, 0.15) is 17.5 Å². The summed E-state index contributed by atoms with van der Waals surface area (Å²) in [7, 11) is 0. The quantitative estimate of drug-likeness (QED) is 0.853. The summed E-state index contributed by atoms with van der Waals surface area (Å²) < 4.78 is 5.54. The molecule has 0 aliphatic carbocycles. The van der Waals surface area contributed by atoms with E-state index >= 15 is 0 Å². The Morgan fingerprint density at radius 3 is 3.09 bits per heavy atom. The molecule has 3 rings (SSSR count). The van der Waals surface area contributed by atoms with Gasteiger partial charge < -0.3 is 15.2 Å². The molecule has 0 unspecified atom stereocenters. The molecule has 0 saturated carbocycles. The third-order valence-electron chi connectivity index (χ3n) is 3.69. The largest absolute Gasteiger partial charge is 0.493 e. The van der Waals surface area contributed by atoms with Crippen LogP contribution in [-0.2, 0) is 10.4 Å². The van der Waals surface area contributed by atoms with Crippen LogP contribution in [0.3, 0.4) is 0 Å². The molecule has 0 bridgehead atoms. The predicted octanol–water partition coefficient (Wildman–Crippen LogP) is 2.55. The van der Waals surface area contributed by atoms with Gasteiger partial charge in [-0.3, -0.25) is 4.79 Å². The summed E-state index contributed by atoms with van der Waals surface area (Å²) in [5.74, 6) is 0.461. The Morgan fingerprint density at radius 2 is 2.27 bits per heavy atom. The second-order valence-electron chi connectivity index (χ2n) is 5.23. The van der Waals surface area contributed by atoms with E-state index < -0.39 is 5.60 Å². The SMILES string of the molecule is O=C(/C=C/c1ccsc1)NC[C@@]1(O)CCOc2ccccc21. The summed E-state index contributed by atoms with van der Waals surface area (Å²) in [4.78, 5) is 11.9. The maximum atomic E-state index is 11.9. The van der Waals surface area contributed by atoms with Gasteiger partial charge in [-0.05, 0) is 34.5 Å². The van der Waals surface area contributed by atoms with Gasteiger partial charge in [-0.1, -0.05) is 18.2 Å². The van der Waals surface area contributed by atoms with E-state index in [-0.39, 0.29) is 12.5 Å². The molecule has 5 heteroatoms. The number of para-hydroxylation sites is 1. The smallest absolute Gasteiger partial charge is 0.244 e. The van der Waals surface area contributed by atoms with Crippen molar-refractivity contribution in [3.05, 3.63) is 58.3 Å². The highest BCUT2D eigenvalue weighted by molar-refractivity contribution is 7.08. The molecule has 4 nitrogen and oxygen atoms in total. The second-order valence-corrected chi connectivity index (χ2v) is 6.01. The Morgan fingerprint density at radius 1 is 1.41 bits per heavy atom. The summed E-state index contributed by atoms with van der Waals surface area (Å²) in [5.41, 5.74) is 0.638. The first-order valence-corrected chi connectivity index (χ1v) is 8.04. The van der Waals surface area contributed by atoms with Crippen molar-refractivity contribution >= 4 is 23.3 Å². The number of fused-ring (bicyclic) bond motifs is 1. The van der Waals surface area contributed by atoms with Gasteiger partial charge in [-0.25, -0.2) is 0 Å². The van der Waals surface area contributed by atoms with E-state index in [9.17, 15) is 9.90 Å². The predicted molar refractivity (Wildman–Crippen MR) is 86.8 cm³/mol. The van der Waals surface area contributed by atoms with Crippen molar-refractivity contribution in [1.29, 1.82) is 0 Å². The van der Waals surface area contributed by atoms with Crippen LogP contribution in [0.15, 0.2) is 47.2 Å². The van der Waals surface area contributed by atoms with Gasteiger partial charge in [0.25, 0.3) is 0 Å². The zero-order valence-corrected chi connectivity index (χ0v) is 12.8. The first-order chi connectivity index (χ1) is 10.7. The van der Waals surface area contributed by atoms with Gasteiger partial charge in [0.05, 0.1) is 13.2 Å². The molecule has 22 heavy (non-hydrogen) atoms. The van der Waals surface area contributed by atoms with Gasteiger partial charge >= 0.3 is 0 Å². The van der Waals surface area contributed by atoms with Gasteiger partial charge in [-0.15, -0.1) is 0 Å². The Kier molecular flexibility index (Phi) is 4.27.